The molecule has 11 aromatic carbocycles. The molecule has 0 amide bonds. The molecule has 1 aliphatic rings. The van der Waals surface area contributed by atoms with Crippen LogP contribution in [0.4, 0.5) is 0 Å². The van der Waals surface area contributed by atoms with Gasteiger partial charge in [0.2, 0.25) is 0 Å². The van der Waals surface area contributed by atoms with E-state index in [0.717, 1.165) is 88.4 Å². The van der Waals surface area contributed by atoms with Crippen molar-refractivity contribution in [3.05, 3.63) is 283 Å². The van der Waals surface area contributed by atoms with Crippen molar-refractivity contribution in [2.24, 2.45) is 0 Å². The van der Waals surface area contributed by atoms with Crippen molar-refractivity contribution < 1.29 is 8.83 Å². The molecule has 0 unspecified atom stereocenters. The van der Waals surface area contributed by atoms with E-state index >= 15 is 0 Å². The van der Waals surface area contributed by atoms with Gasteiger partial charge in [-0.1, -0.05) is 224 Å². The Bertz CT molecular complexity index is 4460. The highest BCUT2D eigenvalue weighted by atomic mass is 16.3. The van der Waals surface area contributed by atoms with Crippen LogP contribution in [0.2, 0.25) is 0 Å². The van der Waals surface area contributed by atoms with E-state index in [1.165, 1.54) is 38.9 Å². The van der Waals surface area contributed by atoms with Gasteiger partial charge in [0, 0.05) is 32.7 Å². The van der Waals surface area contributed by atoms with E-state index in [4.69, 9.17) is 23.8 Å². The molecule has 0 atom stereocenters. The summed E-state index contributed by atoms with van der Waals surface area (Å²) < 4.78 is 13.2. The van der Waals surface area contributed by atoms with Crippen molar-refractivity contribution >= 4 is 43.9 Å². The molecule has 0 fully saturated rings. The molecule has 0 saturated carbocycles. The van der Waals surface area contributed by atoms with Crippen molar-refractivity contribution in [1.29, 1.82) is 0 Å². The second-order valence-electron chi connectivity index (χ2n) is 19.4. The molecule has 5 nitrogen and oxygen atoms in total. The van der Waals surface area contributed by atoms with Crippen LogP contribution in [0.25, 0.3) is 123 Å². The normalized spacial score (nSPS) is 12.6. The monoisotopic (exact) mass is 957 g/mol. The summed E-state index contributed by atoms with van der Waals surface area (Å²) in [4.78, 5) is 15.7. The third-order valence-corrected chi connectivity index (χ3v) is 15.3. The molecule has 5 heteroatoms. The minimum Gasteiger partial charge on any atom is -0.456 e. The zero-order chi connectivity index (χ0) is 49.5. The number of para-hydroxylation sites is 2. The molecule has 15 rings (SSSR count). The predicted molar refractivity (Wildman–Crippen MR) is 304 cm³/mol. The molecule has 14 aromatic rings. The van der Waals surface area contributed by atoms with E-state index in [9.17, 15) is 0 Å². The van der Waals surface area contributed by atoms with Gasteiger partial charge < -0.3 is 8.83 Å². The first-order chi connectivity index (χ1) is 37.2. The molecule has 0 radical (unpaired) electrons. The number of fused-ring (bicyclic) bond motifs is 9. The summed E-state index contributed by atoms with van der Waals surface area (Å²) in [5.74, 6) is 1.63. The molecule has 0 N–H and O–H groups in total. The minimum absolute atomic E-state index is 0.465. The summed E-state index contributed by atoms with van der Waals surface area (Å²) in [6, 6.07) is 92.5. The fourth-order valence-corrected chi connectivity index (χ4v) is 11.8. The first kappa shape index (κ1) is 42.7. The summed E-state index contributed by atoms with van der Waals surface area (Å²) in [5.41, 5.74) is 19.6. The van der Waals surface area contributed by atoms with E-state index < -0.39 is 5.41 Å². The van der Waals surface area contributed by atoms with Gasteiger partial charge in [-0.3, -0.25) is 0 Å². The highest BCUT2D eigenvalue weighted by molar-refractivity contribution is 6.13. The number of aromatic nitrogens is 3. The molecule has 75 heavy (non-hydrogen) atoms. The summed E-state index contributed by atoms with van der Waals surface area (Å²) in [7, 11) is 0. The molecule has 0 aliphatic heterocycles. The van der Waals surface area contributed by atoms with E-state index in [1.54, 1.807) is 0 Å². The summed E-state index contributed by atoms with van der Waals surface area (Å²) in [6.07, 6.45) is 0. The van der Waals surface area contributed by atoms with Crippen LogP contribution in [0.5, 0.6) is 0 Å². The zero-order valence-corrected chi connectivity index (χ0v) is 40.5. The Morgan fingerprint density at radius 1 is 0.267 bits per heavy atom. The maximum atomic E-state index is 6.61. The number of furan rings is 2. The Balaban J connectivity index is 0.839. The van der Waals surface area contributed by atoms with Gasteiger partial charge in [0.15, 0.2) is 17.5 Å². The Morgan fingerprint density at radius 2 is 0.747 bits per heavy atom. The molecular weight excluding hydrogens is 915 g/mol. The number of hydrogen-bond donors (Lipinski definition) is 0. The Kier molecular flexibility index (Phi) is 9.72. The summed E-state index contributed by atoms with van der Waals surface area (Å²) in [5, 5.41) is 3.97. The Labute approximate surface area is 432 Å². The summed E-state index contributed by atoms with van der Waals surface area (Å²) >= 11 is 0. The van der Waals surface area contributed by atoms with E-state index in [2.05, 4.69) is 212 Å². The van der Waals surface area contributed by atoms with Crippen LogP contribution in [0.15, 0.2) is 270 Å². The smallest absolute Gasteiger partial charge is 0.167 e. The minimum atomic E-state index is -0.465. The van der Waals surface area contributed by atoms with E-state index in [1.807, 2.05) is 48.5 Å². The van der Waals surface area contributed by atoms with Crippen LogP contribution in [0.1, 0.15) is 22.3 Å². The van der Waals surface area contributed by atoms with Crippen molar-refractivity contribution in [3.63, 3.8) is 0 Å². The highest BCUT2D eigenvalue weighted by Gasteiger charge is 2.46. The zero-order valence-electron chi connectivity index (χ0n) is 40.5. The molecule has 0 saturated heterocycles. The molecule has 3 heterocycles. The lowest BCUT2D eigenvalue weighted by atomic mass is 9.67. The topological polar surface area (TPSA) is 65.0 Å². The van der Waals surface area contributed by atoms with Gasteiger partial charge in [0.25, 0.3) is 0 Å². The van der Waals surface area contributed by atoms with Gasteiger partial charge in [-0.05, 0) is 103 Å². The fraction of sp³-hybridized carbons (Fsp3) is 0.0143. The quantitative estimate of drug-likeness (QED) is 0.152. The van der Waals surface area contributed by atoms with Crippen LogP contribution in [0, 0.1) is 0 Å². The first-order valence-electron chi connectivity index (χ1n) is 25.4. The number of hydrogen-bond acceptors (Lipinski definition) is 5. The number of nitrogens with zero attached hydrogens (tertiary/aromatic N) is 3. The fourth-order valence-electron chi connectivity index (χ4n) is 11.8. The van der Waals surface area contributed by atoms with Crippen molar-refractivity contribution in [3.8, 4) is 78.7 Å². The maximum Gasteiger partial charge on any atom is 0.167 e. The van der Waals surface area contributed by atoms with Gasteiger partial charge in [-0.25, -0.2) is 15.0 Å². The van der Waals surface area contributed by atoms with Crippen LogP contribution in [-0.4, -0.2) is 15.0 Å². The van der Waals surface area contributed by atoms with E-state index in [0.29, 0.717) is 17.5 Å². The van der Waals surface area contributed by atoms with Crippen LogP contribution in [-0.2, 0) is 5.41 Å². The molecule has 1 aliphatic carbocycles. The third kappa shape index (κ3) is 6.82. The molecular formula is C70H43N3O2. The van der Waals surface area contributed by atoms with Crippen LogP contribution in [0.3, 0.4) is 0 Å². The largest absolute Gasteiger partial charge is 0.456 e. The highest BCUT2D eigenvalue weighted by Crippen LogP contribution is 2.57. The predicted octanol–water partition coefficient (Wildman–Crippen LogP) is 18.0. The lowest BCUT2D eigenvalue weighted by Crippen LogP contribution is -2.28. The van der Waals surface area contributed by atoms with Crippen molar-refractivity contribution in [2.45, 2.75) is 5.41 Å². The van der Waals surface area contributed by atoms with Gasteiger partial charge >= 0.3 is 0 Å². The van der Waals surface area contributed by atoms with Crippen molar-refractivity contribution in [2.75, 3.05) is 0 Å². The third-order valence-electron chi connectivity index (χ3n) is 15.3. The van der Waals surface area contributed by atoms with Gasteiger partial charge in [0.05, 0.1) is 11.0 Å². The number of rotatable bonds is 8. The Hall–Kier alpha value is -9.97. The lowest BCUT2D eigenvalue weighted by molar-refractivity contribution is 0.668. The summed E-state index contributed by atoms with van der Waals surface area (Å²) in [6.45, 7) is 0. The molecule has 3 aromatic heterocycles. The second-order valence-corrected chi connectivity index (χ2v) is 19.4. The first-order valence-corrected chi connectivity index (χ1v) is 25.4. The average molecular weight is 958 g/mol. The number of benzene rings is 11. The standard InChI is InChI=1S/C70H43N3O2/c1-4-16-44(17-5-1)45-34-36-48(37-35-45)67-71-68(73-69(72-67)58-26-14-24-56-55-23-11-13-28-62(55)75-66(56)58)57-25-15-29-64-65(57)59-42-49(39-41-63(59)74-64)46-30-32-47(33-31-46)50-38-40-54-53-22-10-12-27-60(53)70(61(54)43-50,51-18-6-2-7-19-51)52-20-8-3-9-21-52/h1-43H. The lowest BCUT2D eigenvalue weighted by Gasteiger charge is -2.34. The molecule has 0 bridgehead atoms. The Morgan fingerprint density at radius 3 is 1.49 bits per heavy atom. The van der Waals surface area contributed by atoms with Crippen molar-refractivity contribution in [1.82, 2.24) is 15.0 Å². The van der Waals surface area contributed by atoms with Gasteiger partial charge in [-0.15, -0.1) is 0 Å². The second kappa shape index (κ2) is 17.1. The SMILES string of the molecule is c1ccc(-c2ccc(-c3nc(-c4cccc5c4oc4ccccc45)nc(-c4cccc5oc6ccc(-c7ccc(-c8ccc9c(c8)C(c8ccccc8)(c8ccccc8)c8ccccc8-9)cc7)cc6c45)n3)cc2)cc1. The van der Waals surface area contributed by atoms with Gasteiger partial charge in [-0.2, -0.15) is 0 Å². The van der Waals surface area contributed by atoms with Crippen LogP contribution < -0.4 is 0 Å². The average Bonchev–Trinajstić information content (AvgIpc) is 4.21. The van der Waals surface area contributed by atoms with Gasteiger partial charge in [0.1, 0.15) is 22.3 Å². The molecule has 0 spiro atoms. The maximum absolute atomic E-state index is 6.61. The van der Waals surface area contributed by atoms with Crippen LogP contribution >= 0.6 is 0 Å². The van der Waals surface area contributed by atoms with E-state index in [-0.39, 0.29) is 0 Å². The molecule has 350 valence electrons.